The molecule has 3 nitrogen and oxygen atoms in total. The summed E-state index contributed by atoms with van der Waals surface area (Å²) in [6.45, 7) is 0. The fourth-order valence-corrected chi connectivity index (χ4v) is 3.61. The van der Waals surface area contributed by atoms with Crippen molar-refractivity contribution in [3.8, 4) is 6.07 Å². The number of hydrogen-bond acceptors (Lipinski definition) is 3. The van der Waals surface area contributed by atoms with Crippen molar-refractivity contribution >= 4 is 35.0 Å². The van der Waals surface area contributed by atoms with Gasteiger partial charge in [0.25, 0.3) is 5.91 Å². The number of carbonyl (C=O) groups is 1. The van der Waals surface area contributed by atoms with Gasteiger partial charge in [-0.25, -0.2) is 0 Å². The van der Waals surface area contributed by atoms with E-state index in [1.165, 1.54) is 24.3 Å². The van der Waals surface area contributed by atoms with Crippen molar-refractivity contribution in [2.75, 3.05) is 5.32 Å². The van der Waals surface area contributed by atoms with Crippen LogP contribution in [0.15, 0.2) is 76.5 Å². The third-order valence-electron chi connectivity index (χ3n) is 3.83. The van der Waals surface area contributed by atoms with Crippen molar-refractivity contribution in [2.45, 2.75) is 16.0 Å². The molecule has 0 atom stereocenters. The topological polar surface area (TPSA) is 52.9 Å². The zero-order valence-electron chi connectivity index (χ0n) is 14.6. The number of hydrogen-bond donors (Lipinski definition) is 1. The standard InChI is InChI=1S/C21H12ClF3N2OS/c22-16-5-1-3-13(9-16)20(28)27-17-7-8-19(14(10-17)12-26)29-18-6-2-4-15(11-18)21(23,24)25/h1-11H,(H,27,28). The first-order chi connectivity index (χ1) is 13.8. The Labute approximate surface area is 174 Å². The Morgan fingerprint density at radius 2 is 1.79 bits per heavy atom. The second kappa shape index (κ2) is 8.60. The lowest BCUT2D eigenvalue weighted by molar-refractivity contribution is -0.137. The molecule has 146 valence electrons. The molecule has 3 aromatic carbocycles. The minimum atomic E-state index is -4.44. The SMILES string of the molecule is N#Cc1cc(NC(=O)c2cccc(Cl)c2)ccc1Sc1cccc(C(F)(F)F)c1. The second-order valence-electron chi connectivity index (χ2n) is 5.91. The summed E-state index contributed by atoms with van der Waals surface area (Å²) in [4.78, 5) is 13.1. The van der Waals surface area contributed by atoms with Gasteiger partial charge in [0.1, 0.15) is 6.07 Å². The first kappa shape index (κ1) is 20.8. The van der Waals surface area contributed by atoms with E-state index in [2.05, 4.69) is 5.32 Å². The van der Waals surface area contributed by atoms with Gasteiger partial charge in [-0.05, 0) is 54.6 Å². The number of alkyl halides is 3. The van der Waals surface area contributed by atoms with Crippen LogP contribution in [0.1, 0.15) is 21.5 Å². The van der Waals surface area contributed by atoms with Crippen molar-refractivity contribution in [3.63, 3.8) is 0 Å². The fourth-order valence-electron chi connectivity index (χ4n) is 2.48. The first-order valence-corrected chi connectivity index (χ1v) is 9.42. The molecule has 0 unspecified atom stereocenters. The van der Waals surface area contributed by atoms with Crippen LogP contribution >= 0.6 is 23.4 Å². The lowest BCUT2D eigenvalue weighted by Crippen LogP contribution is -2.11. The van der Waals surface area contributed by atoms with Gasteiger partial charge in [-0.1, -0.05) is 35.5 Å². The molecular formula is C21H12ClF3N2OS. The average molecular weight is 433 g/mol. The predicted molar refractivity (Wildman–Crippen MR) is 106 cm³/mol. The fraction of sp³-hybridized carbons (Fsp3) is 0.0476. The van der Waals surface area contributed by atoms with Crippen LogP contribution in [-0.4, -0.2) is 5.91 Å². The molecule has 8 heteroatoms. The number of amides is 1. The van der Waals surface area contributed by atoms with E-state index in [0.717, 1.165) is 23.9 Å². The van der Waals surface area contributed by atoms with E-state index in [1.54, 1.807) is 30.3 Å². The highest BCUT2D eigenvalue weighted by Gasteiger charge is 2.30. The summed E-state index contributed by atoms with van der Waals surface area (Å²) in [5.41, 5.74) is 0.223. The molecule has 0 bridgehead atoms. The summed E-state index contributed by atoms with van der Waals surface area (Å²) in [6.07, 6.45) is -4.44. The van der Waals surface area contributed by atoms with Crippen molar-refractivity contribution in [2.24, 2.45) is 0 Å². The van der Waals surface area contributed by atoms with E-state index in [1.807, 2.05) is 6.07 Å². The number of halogens is 4. The molecule has 0 aromatic heterocycles. The Morgan fingerprint density at radius 1 is 1.03 bits per heavy atom. The molecule has 1 N–H and O–H groups in total. The predicted octanol–water partition coefficient (Wildman–Crippen LogP) is 6.63. The van der Waals surface area contributed by atoms with Crippen LogP contribution in [0, 0.1) is 11.3 Å². The van der Waals surface area contributed by atoms with Crippen LogP contribution in [0.4, 0.5) is 18.9 Å². The van der Waals surface area contributed by atoms with Crippen LogP contribution in [0.3, 0.4) is 0 Å². The zero-order chi connectivity index (χ0) is 21.0. The van der Waals surface area contributed by atoms with Gasteiger partial charge >= 0.3 is 6.18 Å². The van der Waals surface area contributed by atoms with Crippen LogP contribution in [-0.2, 0) is 6.18 Å². The summed E-state index contributed by atoms with van der Waals surface area (Å²) in [7, 11) is 0. The van der Waals surface area contributed by atoms with Gasteiger partial charge in [0.05, 0.1) is 11.1 Å². The van der Waals surface area contributed by atoms with Crippen molar-refractivity contribution in [1.29, 1.82) is 5.26 Å². The highest BCUT2D eigenvalue weighted by molar-refractivity contribution is 7.99. The molecular weight excluding hydrogens is 421 g/mol. The number of rotatable bonds is 4. The summed E-state index contributed by atoms with van der Waals surface area (Å²) < 4.78 is 38.6. The Kier molecular flexibility index (Phi) is 6.16. The molecule has 0 aliphatic rings. The number of benzene rings is 3. The molecule has 3 aromatic rings. The van der Waals surface area contributed by atoms with Crippen LogP contribution in [0.5, 0.6) is 0 Å². The summed E-state index contributed by atoms with van der Waals surface area (Å²) in [6, 6.07) is 17.9. The number of nitriles is 1. The maximum absolute atomic E-state index is 12.9. The minimum Gasteiger partial charge on any atom is -0.322 e. The molecule has 0 aliphatic carbocycles. The average Bonchev–Trinajstić information content (AvgIpc) is 2.68. The quantitative estimate of drug-likeness (QED) is 0.503. The molecule has 0 fully saturated rings. The highest BCUT2D eigenvalue weighted by Crippen LogP contribution is 2.36. The van der Waals surface area contributed by atoms with Crippen molar-refractivity contribution in [1.82, 2.24) is 0 Å². The van der Waals surface area contributed by atoms with E-state index in [9.17, 15) is 23.2 Å². The number of anilines is 1. The molecule has 0 heterocycles. The van der Waals surface area contributed by atoms with E-state index >= 15 is 0 Å². The highest BCUT2D eigenvalue weighted by atomic mass is 35.5. The van der Waals surface area contributed by atoms with Gasteiger partial charge in [-0.3, -0.25) is 4.79 Å². The smallest absolute Gasteiger partial charge is 0.322 e. The Morgan fingerprint density at radius 3 is 2.48 bits per heavy atom. The Balaban J connectivity index is 1.81. The van der Waals surface area contributed by atoms with Gasteiger partial charge in [0.2, 0.25) is 0 Å². The summed E-state index contributed by atoms with van der Waals surface area (Å²) >= 11 is 6.92. The van der Waals surface area contributed by atoms with Crippen LogP contribution in [0.25, 0.3) is 0 Å². The summed E-state index contributed by atoms with van der Waals surface area (Å²) in [5, 5.41) is 12.5. The van der Waals surface area contributed by atoms with Gasteiger partial charge in [0.15, 0.2) is 0 Å². The molecule has 0 radical (unpaired) electrons. The van der Waals surface area contributed by atoms with Gasteiger partial charge in [0, 0.05) is 26.1 Å². The molecule has 0 spiro atoms. The molecule has 3 rings (SSSR count). The number of nitrogens with zero attached hydrogens (tertiary/aromatic N) is 1. The normalized spacial score (nSPS) is 11.0. The molecule has 1 amide bonds. The lowest BCUT2D eigenvalue weighted by Gasteiger charge is -2.11. The maximum atomic E-state index is 12.9. The second-order valence-corrected chi connectivity index (χ2v) is 7.47. The van der Waals surface area contributed by atoms with E-state index < -0.39 is 17.6 Å². The molecule has 0 aliphatic heterocycles. The van der Waals surface area contributed by atoms with Gasteiger partial charge in [-0.15, -0.1) is 0 Å². The summed E-state index contributed by atoms with van der Waals surface area (Å²) in [5.74, 6) is -0.394. The van der Waals surface area contributed by atoms with E-state index in [4.69, 9.17) is 11.6 Å². The maximum Gasteiger partial charge on any atom is 0.416 e. The Hall–Kier alpha value is -2.95. The molecule has 29 heavy (non-hydrogen) atoms. The number of nitrogens with one attached hydrogen (secondary N) is 1. The third kappa shape index (κ3) is 5.31. The monoisotopic (exact) mass is 432 g/mol. The van der Waals surface area contributed by atoms with E-state index in [0.29, 0.717) is 26.1 Å². The van der Waals surface area contributed by atoms with Crippen LogP contribution in [0.2, 0.25) is 5.02 Å². The van der Waals surface area contributed by atoms with Gasteiger partial charge < -0.3 is 5.32 Å². The zero-order valence-corrected chi connectivity index (χ0v) is 16.2. The van der Waals surface area contributed by atoms with Gasteiger partial charge in [-0.2, -0.15) is 18.4 Å². The minimum absolute atomic E-state index is 0.233. The van der Waals surface area contributed by atoms with Crippen LogP contribution < -0.4 is 5.32 Å². The largest absolute Gasteiger partial charge is 0.416 e. The Bertz CT molecular complexity index is 1110. The lowest BCUT2D eigenvalue weighted by atomic mass is 10.2. The first-order valence-electron chi connectivity index (χ1n) is 8.22. The van der Waals surface area contributed by atoms with Crippen molar-refractivity contribution in [3.05, 3.63) is 88.4 Å². The molecule has 0 saturated heterocycles. The van der Waals surface area contributed by atoms with E-state index in [-0.39, 0.29) is 5.56 Å². The molecule has 0 saturated carbocycles. The third-order valence-corrected chi connectivity index (χ3v) is 5.13. The number of carbonyl (C=O) groups excluding carboxylic acids is 1. The van der Waals surface area contributed by atoms with Crippen molar-refractivity contribution < 1.29 is 18.0 Å².